The van der Waals surface area contributed by atoms with E-state index in [1.807, 2.05) is 0 Å². The molecule has 0 amide bonds. The fourth-order valence-electron chi connectivity index (χ4n) is 1.79. The fourth-order valence-corrected chi connectivity index (χ4v) is 2.02. The molecule has 0 aromatic heterocycles. The normalized spacial score (nSPS) is 11.8. The third kappa shape index (κ3) is 3.49. The molecule has 22 heavy (non-hydrogen) atoms. The van der Waals surface area contributed by atoms with E-state index < -0.39 is 29.5 Å². The van der Waals surface area contributed by atoms with E-state index in [-0.39, 0.29) is 10.6 Å². The lowest BCUT2D eigenvalue weighted by Crippen LogP contribution is -2.24. The van der Waals surface area contributed by atoms with Crippen molar-refractivity contribution in [3.05, 3.63) is 70.2 Å². The van der Waals surface area contributed by atoms with E-state index in [1.165, 1.54) is 6.92 Å². The first-order valence-corrected chi connectivity index (χ1v) is 6.72. The monoisotopic (exact) mass is 324 g/mol. The number of rotatable bonds is 4. The SMILES string of the molecule is CC(OC(=O)c1cc(F)c(F)cc1Cl)C(=O)c1ccccc1. The van der Waals surface area contributed by atoms with Crippen LogP contribution < -0.4 is 0 Å². The van der Waals surface area contributed by atoms with Crippen LogP contribution in [0.4, 0.5) is 8.78 Å². The van der Waals surface area contributed by atoms with Gasteiger partial charge < -0.3 is 4.74 Å². The number of ketones is 1. The number of benzene rings is 2. The van der Waals surface area contributed by atoms with E-state index >= 15 is 0 Å². The number of esters is 1. The van der Waals surface area contributed by atoms with Gasteiger partial charge >= 0.3 is 5.97 Å². The Morgan fingerprint density at radius 2 is 1.68 bits per heavy atom. The number of carbonyl (C=O) groups excluding carboxylic acids is 2. The molecule has 2 aromatic carbocycles. The van der Waals surface area contributed by atoms with Crippen LogP contribution in [0.1, 0.15) is 27.6 Å². The third-order valence-electron chi connectivity index (χ3n) is 2.94. The molecule has 2 rings (SSSR count). The second-order valence-electron chi connectivity index (χ2n) is 4.52. The Bertz CT molecular complexity index is 717. The van der Waals surface area contributed by atoms with Crippen molar-refractivity contribution in [1.82, 2.24) is 0 Å². The first-order valence-electron chi connectivity index (χ1n) is 6.35. The van der Waals surface area contributed by atoms with E-state index in [2.05, 4.69) is 0 Å². The Morgan fingerprint density at radius 3 is 2.32 bits per heavy atom. The maximum absolute atomic E-state index is 13.2. The minimum absolute atomic E-state index is 0.289. The Hall–Kier alpha value is -2.27. The average Bonchev–Trinajstić information content (AvgIpc) is 2.50. The summed E-state index contributed by atoms with van der Waals surface area (Å²) in [5.41, 5.74) is 0.0347. The molecule has 0 bridgehead atoms. The summed E-state index contributed by atoms with van der Waals surface area (Å²) in [4.78, 5) is 24.0. The lowest BCUT2D eigenvalue weighted by atomic mass is 10.1. The van der Waals surface area contributed by atoms with Crippen LogP contribution in [-0.2, 0) is 4.74 Å². The van der Waals surface area contributed by atoms with Crippen molar-refractivity contribution >= 4 is 23.4 Å². The molecule has 6 heteroatoms. The molecule has 3 nitrogen and oxygen atoms in total. The predicted octanol–water partition coefficient (Wildman–Crippen LogP) is 4.05. The van der Waals surface area contributed by atoms with Crippen molar-refractivity contribution in [2.45, 2.75) is 13.0 Å². The summed E-state index contributed by atoms with van der Waals surface area (Å²) in [6.45, 7) is 1.39. The van der Waals surface area contributed by atoms with E-state index in [9.17, 15) is 18.4 Å². The predicted molar refractivity (Wildman–Crippen MR) is 77.0 cm³/mol. The number of halogens is 3. The van der Waals surface area contributed by atoms with E-state index in [0.29, 0.717) is 17.7 Å². The van der Waals surface area contributed by atoms with Crippen LogP contribution in [-0.4, -0.2) is 17.9 Å². The third-order valence-corrected chi connectivity index (χ3v) is 3.25. The molecular weight excluding hydrogens is 314 g/mol. The van der Waals surface area contributed by atoms with E-state index in [4.69, 9.17) is 16.3 Å². The zero-order chi connectivity index (χ0) is 16.3. The summed E-state index contributed by atoms with van der Waals surface area (Å²) in [6.07, 6.45) is -1.08. The van der Waals surface area contributed by atoms with Crippen LogP contribution in [0.3, 0.4) is 0 Å². The highest BCUT2D eigenvalue weighted by molar-refractivity contribution is 6.33. The molecule has 0 saturated carbocycles. The number of carbonyl (C=O) groups is 2. The maximum atomic E-state index is 13.2. The number of hydrogen-bond donors (Lipinski definition) is 0. The van der Waals surface area contributed by atoms with Gasteiger partial charge in [0, 0.05) is 5.56 Å². The molecule has 0 aliphatic carbocycles. The van der Waals surface area contributed by atoms with Gasteiger partial charge in [0.15, 0.2) is 17.7 Å². The van der Waals surface area contributed by atoms with Crippen molar-refractivity contribution in [2.24, 2.45) is 0 Å². The topological polar surface area (TPSA) is 43.4 Å². The fraction of sp³-hybridized carbons (Fsp3) is 0.125. The Morgan fingerprint density at radius 1 is 1.09 bits per heavy atom. The summed E-state index contributed by atoms with van der Waals surface area (Å²) >= 11 is 5.68. The Labute approximate surface area is 130 Å². The molecular formula is C16H11ClF2O3. The van der Waals surface area contributed by atoms with Gasteiger partial charge in [0.1, 0.15) is 0 Å². The van der Waals surface area contributed by atoms with Gasteiger partial charge in [-0.15, -0.1) is 0 Å². The van der Waals surface area contributed by atoms with E-state index in [1.54, 1.807) is 30.3 Å². The number of hydrogen-bond acceptors (Lipinski definition) is 3. The zero-order valence-electron chi connectivity index (χ0n) is 11.5. The van der Waals surface area contributed by atoms with Crippen LogP contribution >= 0.6 is 11.6 Å². The highest BCUT2D eigenvalue weighted by Gasteiger charge is 2.23. The van der Waals surface area contributed by atoms with Crippen molar-refractivity contribution < 1.29 is 23.1 Å². The van der Waals surface area contributed by atoms with E-state index in [0.717, 1.165) is 0 Å². The second-order valence-corrected chi connectivity index (χ2v) is 4.93. The minimum atomic E-state index is -1.22. The van der Waals surface area contributed by atoms with Gasteiger partial charge in [-0.3, -0.25) is 4.79 Å². The lowest BCUT2D eigenvalue weighted by Gasteiger charge is -2.13. The number of ether oxygens (including phenoxy) is 1. The molecule has 2 aromatic rings. The maximum Gasteiger partial charge on any atom is 0.340 e. The summed E-state index contributed by atoms with van der Waals surface area (Å²) in [7, 11) is 0. The molecule has 0 heterocycles. The van der Waals surface area contributed by atoms with Crippen LogP contribution in [0.25, 0.3) is 0 Å². The first-order chi connectivity index (χ1) is 10.4. The molecule has 0 fully saturated rings. The van der Waals surface area contributed by atoms with Crippen molar-refractivity contribution in [3.63, 3.8) is 0 Å². The number of Topliss-reactive ketones (excluding diaryl/α,β-unsaturated/α-hetero) is 1. The first kappa shape index (κ1) is 16.1. The molecule has 0 saturated heterocycles. The van der Waals surface area contributed by atoms with Crippen LogP contribution in [0, 0.1) is 11.6 Å². The molecule has 114 valence electrons. The zero-order valence-corrected chi connectivity index (χ0v) is 12.2. The van der Waals surface area contributed by atoms with Gasteiger partial charge in [-0.2, -0.15) is 0 Å². The van der Waals surface area contributed by atoms with Gasteiger partial charge in [0.05, 0.1) is 10.6 Å². The smallest absolute Gasteiger partial charge is 0.340 e. The van der Waals surface area contributed by atoms with Gasteiger partial charge in [-0.05, 0) is 19.1 Å². The second kappa shape index (κ2) is 6.66. The summed E-state index contributed by atoms with van der Waals surface area (Å²) in [6, 6.07) is 9.57. The van der Waals surface area contributed by atoms with Crippen molar-refractivity contribution in [1.29, 1.82) is 0 Å². The van der Waals surface area contributed by atoms with Gasteiger partial charge in [0.25, 0.3) is 0 Å². The Balaban J connectivity index is 2.15. The van der Waals surface area contributed by atoms with Gasteiger partial charge in [0.2, 0.25) is 5.78 Å². The molecule has 0 radical (unpaired) electrons. The molecule has 0 aliphatic heterocycles. The molecule has 1 unspecified atom stereocenters. The summed E-state index contributed by atoms with van der Waals surface area (Å²) < 4.78 is 31.1. The summed E-state index contributed by atoms with van der Waals surface area (Å²) in [5.74, 6) is -3.80. The largest absolute Gasteiger partial charge is 0.451 e. The summed E-state index contributed by atoms with van der Waals surface area (Å²) in [5, 5.41) is -0.289. The van der Waals surface area contributed by atoms with Crippen molar-refractivity contribution in [2.75, 3.05) is 0 Å². The van der Waals surface area contributed by atoms with Crippen LogP contribution in [0.2, 0.25) is 5.02 Å². The average molecular weight is 325 g/mol. The highest BCUT2D eigenvalue weighted by atomic mass is 35.5. The standard InChI is InChI=1S/C16H11ClF2O3/c1-9(15(20)10-5-3-2-4-6-10)22-16(21)11-7-13(18)14(19)8-12(11)17/h2-9H,1H3. The molecule has 0 spiro atoms. The van der Waals surface area contributed by atoms with Gasteiger partial charge in [-0.25, -0.2) is 13.6 Å². The molecule has 0 N–H and O–H groups in total. The molecule has 1 atom stereocenters. The van der Waals surface area contributed by atoms with Crippen molar-refractivity contribution in [3.8, 4) is 0 Å². The Kier molecular flexibility index (Phi) is 4.88. The lowest BCUT2D eigenvalue weighted by molar-refractivity contribution is 0.0318. The minimum Gasteiger partial charge on any atom is -0.451 e. The van der Waals surface area contributed by atoms with Gasteiger partial charge in [-0.1, -0.05) is 41.9 Å². The van der Waals surface area contributed by atoms with Crippen LogP contribution in [0.15, 0.2) is 42.5 Å². The highest BCUT2D eigenvalue weighted by Crippen LogP contribution is 2.21. The quantitative estimate of drug-likeness (QED) is 0.484. The van der Waals surface area contributed by atoms with Crippen LogP contribution in [0.5, 0.6) is 0 Å². The molecule has 0 aliphatic rings.